The van der Waals surface area contributed by atoms with Crippen molar-refractivity contribution < 1.29 is 24.2 Å². The van der Waals surface area contributed by atoms with Crippen LogP contribution in [0.25, 0.3) is 0 Å². The van der Waals surface area contributed by atoms with E-state index < -0.39 is 29.6 Å². The number of carbonyl (C=O) groups excluding carboxylic acids is 2. The van der Waals surface area contributed by atoms with E-state index in [4.69, 9.17) is 10.5 Å². The van der Waals surface area contributed by atoms with E-state index in [-0.39, 0.29) is 0 Å². The van der Waals surface area contributed by atoms with Crippen LogP contribution in [0, 0.1) is 0 Å². The largest absolute Gasteiger partial charge is 0.465 e. The molecule has 4 N–H and O–H groups in total. The van der Waals surface area contributed by atoms with Crippen LogP contribution in [0.4, 0.5) is 10.5 Å². The van der Waals surface area contributed by atoms with Gasteiger partial charge in [-0.1, -0.05) is 48.5 Å². The van der Waals surface area contributed by atoms with Gasteiger partial charge in [-0.3, -0.25) is 29.7 Å². The Hall–Kier alpha value is -3.76. The summed E-state index contributed by atoms with van der Waals surface area (Å²) in [6, 6.07) is 15.8. The van der Waals surface area contributed by atoms with Gasteiger partial charge in [0.1, 0.15) is 5.54 Å². The van der Waals surface area contributed by atoms with Crippen LogP contribution in [0.1, 0.15) is 18.1 Å². The number of benzodiazepines with no additional fused rings is 1. The van der Waals surface area contributed by atoms with Gasteiger partial charge in [0.05, 0.1) is 24.6 Å². The lowest BCUT2D eigenvalue weighted by Gasteiger charge is -2.40. The highest BCUT2D eigenvalue weighted by atomic mass is 16.5. The molecule has 0 spiro atoms. The monoisotopic (exact) mass is 465 g/mol. The highest BCUT2D eigenvalue weighted by molar-refractivity contribution is 6.16. The molecule has 2 aromatic rings. The number of hydrogen-bond acceptors (Lipinski definition) is 6. The van der Waals surface area contributed by atoms with E-state index in [2.05, 4.69) is 15.2 Å². The summed E-state index contributed by atoms with van der Waals surface area (Å²) < 4.78 is 5.43. The Bertz CT molecular complexity index is 1120. The number of nitrogens with one attached hydrogen (secondary N) is 1. The summed E-state index contributed by atoms with van der Waals surface area (Å²) in [5.74, 6) is -1.45. The number of hydrogen-bond donors (Lipinski definition) is 3. The van der Waals surface area contributed by atoms with Crippen LogP contribution in [0.2, 0.25) is 0 Å². The summed E-state index contributed by atoms with van der Waals surface area (Å²) in [6.07, 6.45) is -2.86. The Morgan fingerprint density at radius 1 is 1.15 bits per heavy atom. The first-order valence-corrected chi connectivity index (χ1v) is 11.0. The number of benzene rings is 2. The molecule has 10 nitrogen and oxygen atoms in total. The SMILES string of the molecule is CC(C(N)=O)(c1ccccc1)N1C(=O)C(NC(=O)O)N=C(CN2CCOCC2)c2ccccc21. The third-order valence-corrected chi connectivity index (χ3v) is 6.20. The quantitative estimate of drug-likeness (QED) is 0.585. The van der Waals surface area contributed by atoms with Crippen molar-refractivity contribution in [2.75, 3.05) is 37.7 Å². The molecule has 1 saturated heterocycles. The fourth-order valence-corrected chi connectivity index (χ4v) is 4.35. The molecular weight excluding hydrogens is 438 g/mol. The molecule has 2 heterocycles. The molecule has 0 bridgehead atoms. The first kappa shape index (κ1) is 23.4. The van der Waals surface area contributed by atoms with Crippen molar-refractivity contribution in [2.24, 2.45) is 10.7 Å². The van der Waals surface area contributed by atoms with Gasteiger partial charge in [0.25, 0.3) is 5.91 Å². The van der Waals surface area contributed by atoms with Crippen LogP contribution in [0.3, 0.4) is 0 Å². The molecule has 178 valence electrons. The smallest absolute Gasteiger partial charge is 0.406 e. The normalized spacial score (nSPS) is 20.5. The number of carboxylic acid groups (broad SMARTS) is 1. The topological polar surface area (TPSA) is 138 Å². The summed E-state index contributed by atoms with van der Waals surface area (Å²) in [7, 11) is 0. The van der Waals surface area contributed by atoms with Gasteiger partial charge in [0, 0.05) is 25.2 Å². The Morgan fingerprint density at radius 3 is 2.44 bits per heavy atom. The Morgan fingerprint density at radius 2 is 1.79 bits per heavy atom. The molecule has 10 heteroatoms. The van der Waals surface area contributed by atoms with E-state index in [0.29, 0.717) is 55.4 Å². The lowest BCUT2D eigenvalue weighted by atomic mass is 9.87. The zero-order valence-electron chi connectivity index (χ0n) is 18.8. The zero-order chi connectivity index (χ0) is 24.3. The second-order valence-corrected chi connectivity index (χ2v) is 8.31. The van der Waals surface area contributed by atoms with Crippen LogP contribution < -0.4 is 16.0 Å². The number of nitrogens with two attached hydrogens (primary N) is 1. The number of anilines is 1. The predicted octanol–water partition coefficient (Wildman–Crippen LogP) is 1.15. The van der Waals surface area contributed by atoms with Crippen molar-refractivity contribution >= 4 is 29.3 Å². The van der Waals surface area contributed by atoms with Crippen molar-refractivity contribution in [3.63, 3.8) is 0 Å². The number of fused-ring (bicyclic) bond motifs is 1. The molecule has 2 aromatic carbocycles. The molecular formula is C24H27N5O5. The fourth-order valence-electron chi connectivity index (χ4n) is 4.35. The second kappa shape index (κ2) is 9.62. The minimum atomic E-state index is -1.60. The average molecular weight is 466 g/mol. The lowest BCUT2D eigenvalue weighted by molar-refractivity contribution is -0.128. The number of aliphatic imine (C=N–C) groups is 1. The van der Waals surface area contributed by atoms with Crippen LogP contribution in [-0.2, 0) is 19.9 Å². The van der Waals surface area contributed by atoms with Gasteiger partial charge < -0.3 is 15.6 Å². The van der Waals surface area contributed by atoms with Gasteiger partial charge >= 0.3 is 6.09 Å². The zero-order valence-corrected chi connectivity index (χ0v) is 18.8. The van der Waals surface area contributed by atoms with Crippen molar-refractivity contribution in [3.05, 3.63) is 65.7 Å². The third kappa shape index (κ3) is 4.37. The van der Waals surface area contributed by atoms with E-state index in [0.717, 1.165) is 0 Å². The van der Waals surface area contributed by atoms with Gasteiger partial charge in [0.15, 0.2) is 0 Å². The first-order chi connectivity index (χ1) is 16.3. The van der Waals surface area contributed by atoms with Gasteiger partial charge in [-0.05, 0) is 18.6 Å². The number of rotatable bonds is 6. The predicted molar refractivity (Wildman–Crippen MR) is 126 cm³/mol. The first-order valence-electron chi connectivity index (χ1n) is 11.0. The highest BCUT2D eigenvalue weighted by Crippen LogP contribution is 2.37. The molecule has 0 saturated carbocycles. The van der Waals surface area contributed by atoms with Crippen molar-refractivity contribution in [1.82, 2.24) is 10.2 Å². The molecule has 0 radical (unpaired) electrons. The molecule has 2 unspecified atom stereocenters. The average Bonchev–Trinajstić information content (AvgIpc) is 2.94. The van der Waals surface area contributed by atoms with E-state index in [1.807, 2.05) is 12.1 Å². The molecule has 0 aliphatic carbocycles. The molecule has 2 atom stereocenters. The molecule has 1 fully saturated rings. The standard InChI is InChI=1S/C24H27N5O5/c1-24(22(25)31,16-7-3-2-4-8-16)29-19-10-6-5-9-17(19)18(15-28-11-13-34-14-12-28)26-20(21(29)30)27-23(32)33/h2-10,20,27H,11-15H2,1H3,(H2,25,31)(H,32,33). The maximum Gasteiger partial charge on any atom is 0.406 e. The van der Waals surface area contributed by atoms with Crippen molar-refractivity contribution in [2.45, 2.75) is 18.6 Å². The number of carbonyl (C=O) groups is 3. The van der Waals surface area contributed by atoms with Crippen LogP contribution in [-0.4, -0.2) is 72.6 Å². The van der Waals surface area contributed by atoms with Gasteiger partial charge in [-0.15, -0.1) is 0 Å². The lowest BCUT2D eigenvalue weighted by Crippen LogP contribution is -2.60. The minimum Gasteiger partial charge on any atom is -0.465 e. The molecule has 34 heavy (non-hydrogen) atoms. The fraction of sp³-hybridized carbons (Fsp3) is 0.333. The maximum absolute atomic E-state index is 13.9. The van der Waals surface area contributed by atoms with Gasteiger partial charge in [-0.2, -0.15) is 0 Å². The summed E-state index contributed by atoms with van der Waals surface area (Å²) in [5.41, 5.74) is 6.39. The van der Waals surface area contributed by atoms with Crippen molar-refractivity contribution in [3.8, 4) is 0 Å². The number of ether oxygens (including phenoxy) is 1. The van der Waals surface area contributed by atoms with E-state index >= 15 is 0 Å². The maximum atomic E-state index is 13.9. The van der Waals surface area contributed by atoms with Crippen LogP contribution >= 0.6 is 0 Å². The van der Waals surface area contributed by atoms with Crippen LogP contribution in [0.15, 0.2) is 59.6 Å². The molecule has 2 aliphatic rings. The molecule has 2 aliphatic heterocycles. The summed E-state index contributed by atoms with van der Waals surface area (Å²) in [5, 5.41) is 11.7. The number of primary amides is 1. The number of amides is 3. The molecule has 4 rings (SSSR count). The van der Waals surface area contributed by atoms with Gasteiger partial charge in [0.2, 0.25) is 12.1 Å². The Kier molecular flexibility index (Phi) is 6.62. The second-order valence-electron chi connectivity index (χ2n) is 8.31. The number of morpholine rings is 1. The number of nitrogens with zero attached hydrogens (tertiary/aromatic N) is 3. The van der Waals surface area contributed by atoms with E-state index in [1.54, 1.807) is 49.4 Å². The third-order valence-electron chi connectivity index (χ3n) is 6.20. The van der Waals surface area contributed by atoms with Gasteiger partial charge in [-0.25, -0.2) is 4.79 Å². The molecule has 0 aromatic heterocycles. The Labute approximate surface area is 197 Å². The van der Waals surface area contributed by atoms with E-state index in [1.165, 1.54) is 4.90 Å². The minimum absolute atomic E-state index is 0.387. The van der Waals surface area contributed by atoms with Crippen molar-refractivity contribution in [1.29, 1.82) is 0 Å². The highest BCUT2D eigenvalue weighted by Gasteiger charge is 2.47. The summed E-state index contributed by atoms with van der Waals surface area (Å²) >= 11 is 0. The van der Waals surface area contributed by atoms with E-state index in [9.17, 15) is 19.5 Å². The summed E-state index contributed by atoms with van der Waals surface area (Å²) in [4.78, 5) is 46.3. The molecule has 3 amide bonds. The number of para-hydroxylation sites is 1. The Balaban J connectivity index is 1.89. The van der Waals surface area contributed by atoms with Crippen LogP contribution in [0.5, 0.6) is 0 Å². The summed E-state index contributed by atoms with van der Waals surface area (Å²) in [6.45, 7) is 4.45.